The molecule has 0 atom stereocenters. The molecule has 0 saturated carbocycles. The Balaban J connectivity index is 3.94. The first-order valence-corrected chi connectivity index (χ1v) is 4.21. The van der Waals surface area contributed by atoms with Crippen LogP contribution in [-0.4, -0.2) is 49.2 Å². The molecular weight excluding hydrogens is 166 g/mol. The van der Waals surface area contributed by atoms with Crippen LogP contribution in [0.25, 0.3) is 0 Å². The summed E-state index contributed by atoms with van der Waals surface area (Å²) in [6.07, 6.45) is 3.42. The molecule has 0 aromatic carbocycles. The highest BCUT2D eigenvalue weighted by atomic mass is 15.8. The van der Waals surface area contributed by atoms with Gasteiger partial charge in [-0.3, -0.25) is 10.0 Å². The standard InChI is InChI=1S/C8H19N5/c1-6-9-10-8-12(4)13(5)11(3)7-2/h7-9H,2,6H2,1,3-5H3/b10-8-. The fourth-order valence-corrected chi connectivity index (χ4v) is 0.631. The third-order valence-corrected chi connectivity index (χ3v) is 1.65. The predicted molar refractivity (Wildman–Crippen MR) is 55.7 cm³/mol. The summed E-state index contributed by atoms with van der Waals surface area (Å²) < 4.78 is 0. The highest BCUT2D eigenvalue weighted by Gasteiger charge is 2.03. The first-order valence-electron chi connectivity index (χ1n) is 4.21. The monoisotopic (exact) mass is 185 g/mol. The fourth-order valence-electron chi connectivity index (χ4n) is 0.631. The molecule has 0 unspecified atom stereocenters. The Labute approximate surface area is 80.2 Å². The van der Waals surface area contributed by atoms with Crippen LogP contribution in [0.3, 0.4) is 0 Å². The van der Waals surface area contributed by atoms with Crippen molar-refractivity contribution in [1.82, 2.24) is 20.6 Å². The van der Waals surface area contributed by atoms with Crippen LogP contribution >= 0.6 is 0 Å². The molecule has 0 bridgehead atoms. The molecule has 0 aliphatic carbocycles. The van der Waals surface area contributed by atoms with Gasteiger partial charge in [0.2, 0.25) is 0 Å². The molecule has 76 valence electrons. The summed E-state index contributed by atoms with van der Waals surface area (Å²) in [5.41, 5.74) is 2.85. The minimum absolute atomic E-state index is 0.825. The SMILES string of the molecule is C=CN(C)N(C)N(C)/C=N\NCC. The molecular formula is C8H19N5. The van der Waals surface area contributed by atoms with Gasteiger partial charge in [0.15, 0.2) is 0 Å². The molecule has 0 fully saturated rings. The van der Waals surface area contributed by atoms with Crippen molar-refractivity contribution < 1.29 is 0 Å². The van der Waals surface area contributed by atoms with E-state index in [1.807, 2.05) is 43.2 Å². The molecule has 0 aliphatic rings. The number of hydrogen-bond donors (Lipinski definition) is 1. The van der Waals surface area contributed by atoms with Gasteiger partial charge >= 0.3 is 0 Å². The first kappa shape index (κ1) is 11.8. The summed E-state index contributed by atoms with van der Waals surface area (Å²) in [5, 5.41) is 9.53. The first-order chi connectivity index (χ1) is 6.13. The average Bonchev–Trinajstić information content (AvgIpc) is 2.15. The van der Waals surface area contributed by atoms with Gasteiger partial charge in [-0.05, 0) is 6.92 Å². The lowest BCUT2D eigenvalue weighted by Gasteiger charge is -2.32. The highest BCUT2D eigenvalue weighted by Crippen LogP contribution is 1.92. The maximum Gasteiger partial charge on any atom is 0.126 e. The van der Waals surface area contributed by atoms with E-state index in [2.05, 4.69) is 17.1 Å². The van der Waals surface area contributed by atoms with Crippen LogP contribution in [0, 0.1) is 0 Å². The summed E-state index contributed by atoms with van der Waals surface area (Å²) in [7, 11) is 5.73. The summed E-state index contributed by atoms with van der Waals surface area (Å²) >= 11 is 0. The van der Waals surface area contributed by atoms with Gasteiger partial charge in [-0.25, -0.2) is 0 Å². The molecule has 1 N–H and O–H groups in total. The van der Waals surface area contributed by atoms with Crippen molar-refractivity contribution in [3.63, 3.8) is 0 Å². The number of hydrogen-bond acceptors (Lipinski definition) is 4. The lowest BCUT2D eigenvalue weighted by molar-refractivity contribution is -0.0604. The molecule has 5 heteroatoms. The van der Waals surface area contributed by atoms with E-state index in [9.17, 15) is 0 Å². The molecule has 0 heterocycles. The van der Waals surface area contributed by atoms with Crippen molar-refractivity contribution >= 4 is 6.34 Å². The minimum Gasteiger partial charge on any atom is -0.309 e. The summed E-state index contributed by atoms with van der Waals surface area (Å²) in [6.45, 7) is 6.48. The van der Waals surface area contributed by atoms with Crippen LogP contribution in [0.1, 0.15) is 6.92 Å². The van der Waals surface area contributed by atoms with Crippen molar-refractivity contribution in [2.45, 2.75) is 6.92 Å². The quantitative estimate of drug-likeness (QED) is 0.367. The summed E-state index contributed by atoms with van der Waals surface area (Å²) in [6, 6.07) is 0. The minimum atomic E-state index is 0.825. The van der Waals surface area contributed by atoms with Crippen molar-refractivity contribution in [3.8, 4) is 0 Å². The van der Waals surface area contributed by atoms with E-state index >= 15 is 0 Å². The van der Waals surface area contributed by atoms with Crippen molar-refractivity contribution in [1.29, 1.82) is 0 Å². The average molecular weight is 185 g/mol. The smallest absolute Gasteiger partial charge is 0.126 e. The molecule has 0 aliphatic heterocycles. The Morgan fingerprint density at radius 3 is 2.38 bits per heavy atom. The number of nitrogens with zero attached hydrogens (tertiary/aromatic N) is 4. The Morgan fingerprint density at radius 1 is 1.31 bits per heavy atom. The topological polar surface area (TPSA) is 34.1 Å². The third-order valence-electron chi connectivity index (χ3n) is 1.65. The zero-order valence-electron chi connectivity index (χ0n) is 8.86. The second-order valence-electron chi connectivity index (χ2n) is 2.58. The van der Waals surface area contributed by atoms with Crippen molar-refractivity contribution in [3.05, 3.63) is 12.8 Å². The molecule has 0 aromatic heterocycles. The predicted octanol–water partition coefficient (Wildman–Crippen LogP) is 0.308. The molecule has 0 spiro atoms. The number of hydrazone groups is 1. The van der Waals surface area contributed by atoms with Gasteiger partial charge < -0.3 is 5.43 Å². The van der Waals surface area contributed by atoms with E-state index in [1.165, 1.54) is 0 Å². The van der Waals surface area contributed by atoms with E-state index in [-0.39, 0.29) is 0 Å². The van der Waals surface area contributed by atoms with Crippen molar-refractivity contribution in [2.75, 3.05) is 27.7 Å². The normalized spacial score (nSPS) is 10.5. The Hall–Kier alpha value is -1.23. The number of nitrogens with one attached hydrogen (secondary N) is 1. The van der Waals surface area contributed by atoms with Crippen LogP contribution in [0.2, 0.25) is 0 Å². The largest absolute Gasteiger partial charge is 0.309 e. The van der Waals surface area contributed by atoms with E-state index in [0.29, 0.717) is 0 Å². The summed E-state index contributed by atoms with van der Waals surface area (Å²) in [5.74, 6) is 0. The van der Waals surface area contributed by atoms with E-state index in [1.54, 1.807) is 12.5 Å². The molecule has 0 rings (SSSR count). The van der Waals surface area contributed by atoms with E-state index in [0.717, 1.165) is 6.54 Å². The maximum atomic E-state index is 3.98. The fraction of sp³-hybridized carbons (Fsp3) is 0.625. The number of hydrazine groups is 2. The van der Waals surface area contributed by atoms with Crippen LogP contribution in [0.4, 0.5) is 0 Å². The molecule has 0 saturated heterocycles. The molecule has 0 aromatic rings. The zero-order chi connectivity index (χ0) is 10.3. The molecule has 5 nitrogen and oxygen atoms in total. The van der Waals surface area contributed by atoms with E-state index < -0.39 is 0 Å². The Bertz CT molecular complexity index is 168. The molecule has 0 amide bonds. The van der Waals surface area contributed by atoms with Crippen LogP contribution in [0.15, 0.2) is 17.9 Å². The highest BCUT2D eigenvalue weighted by molar-refractivity contribution is 5.52. The molecule has 0 radical (unpaired) electrons. The van der Waals surface area contributed by atoms with Crippen molar-refractivity contribution in [2.24, 2.45) is 5.10 Å². The maximum absolute atomic E-state index is 3.98. The lowest BCUT2D eigenvalue weighted by atomic mass is 10.8. The van der Waals surface area contributed by atoms with Gasteiger partial charge in [-0.15, -0.1) is 5.12 Å². The number of rotatable bonds is 6. The van der Waals surface area contributed by atoms with Crippen LogP contribution in [-0.2, 0) is 0 Å². The zero-order valence-corrected chi connectivity index (χ0v) is 8.86. The lowest BCUT2D eigenvalue weighted by Crippen LogP contribution is -2.44. The van der Waals surface area contributed by atoms with Gasteiger partial charge in [-0.2, -0.15) is 5.10 Å². The third kappa shape index (κ3) is 4.37. The second kappa shape index (κ2) is 6.30. The summed E-state index contributed by atoms with van der Waals surface area (Å²) in [4.78, 5) is 0. The van der Waals surface area contributed by atoms with Crippen LogP contribution < -0.4 is 5.43 Å². The van der Waals surface area contributed by atoms with Gasteiger partial charge in [0, 0.05) is 33.9 Å². The van der Waals surface area contributed by atoms with Gasteiger partial charge in [0.25, 0.3) is 0 Å². The van der Waals surface area contributed by atoms with Gasteiger partial charge in [-0.1, -0.05) is 6.58 Å². The Morgan fingerprint density at radius 2 is 1.92 bits per heavy atom. The van der Waals surface area contributed by atoms with Crippen LogP contribution in [0.5, 0.6) is 0 Å². The second-order valence-corrected chi connectivity index (χ2v) is 2.58. The molecule has 13 heavy (non-hydrogen) atoms. The Kier molecular flexibility index (Phi) is 5.71. The van der Waals surface area contributed by atoms with E-state index in [4.69, 9.17) is 0 Å². The van der Waals surface area contributed by atoms with Gasteiger partial charge in [0.1, 0.15) is 6.34 Å². The van der Waals surface area contributed by atoms with Gasteiger partial charge in [0.05, 0.1) is 0 Å².